The number of phenols is 1. The van der Waals surface area contributed by atoms with Gasteiger partial charge in [-0.05, 0) is 50.8 Å². The number of likely N-dealkylation sites (tertiary alicyclic amines) is 1. The number of phenolic OH excluding ortho intramolecular Hbond substituents is 1. The van der Waals surface area contributed by atoms with E-state index in [0.29, 0.717) is 5.56 Å². The smallest absolute Gasteiger partial charge is 0.328 e. The molecule has 8 amide bonds. The second kappa shape index (κ2) is 26.4. The molecule has 0 unspecified atom stereocenters. The van der Waals surface area contributed by atoms with Gasteiger partial charge >= 0.3 is 11.9 Å². The third-order valence-electron chi connectivity index (χ3n) is 9.93. The Labute approximate surface area is 375 Å². The largest absolute Gasteiger partial charge is 0.508 e. The lowest BCUT2D eigenvalue weighted by Crippen LogP contribution is -2.63. The first-order chi connectivity index (χ1) is 31.0. The molecule has 1 saturated heterocycles. The van der Waals surface area contributed by atoms with Crippen molar-refractivity contribution in [1.82, 2.24) is 42.1 Å². The van der Waals surface area contributed by atoms with E-state index in [1.165, 1.54) is 24.3 Å². The minimum Gasteiger partial charge on any atom is -0.508 e. The molecule has 28 heteroatoms. The fourth-order valence-electron chi connectivity index (χ4n) is 6.29. The molecule has 1 aliphatic heterocycles. The van der Waals surface area contributed by atoms with Gasteiger partial charge in [-0.1, -0.05) is 12.1 Å². The number of aliphatic hydroxyl groups is 6. The van der Waals surface area contributed by atoms with Crippen LogP contribution in [0, 0.1) is 0 Å². The highest BCUT2D eigenvalue weighted by molar-refractivity contribution is 5.99. The molecule has 1 heterocycles. The molecular weight excluding hydrogens is 886 g/mol. The number of hydrogen-bond acceptors (Lipinski definition) is 18. The molecule has 1 aromatic carbocycles. The van der Waals surface area contributed by atoms with Crippen LogP contribution >= 0.6 is 0 Å². The van der Waals surface area contributed by atoms with Crippen LogP contribution in [0.2, 0.25) is 0 Å². The highest BCUT2D eigenvalue weighted by Gasteiger charge is 2.41. The maximum absolute atomic E-state index is 13.6. The molecule has 1 aliphatic rings. The zero-order valence-corrected chi connectivity index (χ0v) is 35.7. The van der Waals surface area contributed by atoms with Crippen LogP contribution < -0.4 is 43.0 Å². The Morgan fingerprint density at radius 2 is 1.06 bits per heavy atom. The van der Waals surface area contributed by atoms with Gasteiger partial charge in [0.15, 0.2) is 6.04 Å². The lowest BCUT2D eigenvalue weighted by atomic mass is 10.1. The van der Waals surface area contributed by atoms with E-state index in [0.717, 1.165) is 18.7 Å². The molecule has 0 saturated carbocycles. The van der Waals surface area contributed by atoms with Crippen molar-refractivity contribution in [3.05, 3.63) is 29.8 Å². The summed E-state index contributed by atoms with van der Waals surface area (Å²) >= 11 is 0. The van der Waals surface area contributed by atoms with Crippen molar-refractivity contribution < 1.29 is 93.9 Å². The average molecular weight is 944 g/mol. The Hall–Kier alpha value is -6.56. The number of aromatic hydroxyl groups is 1. The van der Waals surface area contributed by atoms with Gasteiger partial charge in [-0.2, -0.15) is 0 Å². The van der Waals surface area contributed by atoms with Crippen LogP contribution in [-0.2, 0) is 54.4 Å². The first-order valence-electron chi connectivity index (χ1n) is 20.2. The summed E-state index contributed by atoms with van der Waals surface area (Å²) in [6, 6.07) is -10.0. The van der Waals surface area contributed by atoms with Gasteiger partial charge in [0.25, 0.3) is 0 Å². The zero-order valence-electron chi connectivity index (χ0n) is 35.7. The van der Waals surface area contributed by atoms with Gasteiger partial charge in [0.1, 0.15) is 48.0 Å². The Balaban J connectivity index is 2.13. The summed E-state index contributed by atoms with van der Waals surface area (Å²) < 4.78 is 0. The second-order valence-electron chi connectivity index (χ2n) is 15.1. The molecule has 18 N–H and O–H groups in total. The van der Waals surface area contributed by atoms with Crippen LogP contribution in [0.1, 0.15) is 38.7 Å². The van der Waals surface area contributed by atoms with Crippen molar-refractivity contribution in [2.75, 3.05) is 33.0 Å². The Kier molecular flexibility index (Phi) is 22.2. The number of nitrogens with zero attached hydrogens (tertiary/aromatic N) is 1. The number of carbonyl (C=O) groups is 10. The van der Waals surface area contributed by atoms with E-state index < -0.39 is 159 Å². The number of carbonyl (C=O) groups excluding carboxylic acids is 8. The number of nitrogens with one attached hydrogen (secondary N) is 7. The highest BCUT2D eigenvalue weighted by Crippen LogP contribution is 2.19. The van der Waals surface area contributed by atoms with Gasteiger partial charge < -0.3 is 93.8 Å². The molecule has 0 aromatic heterocycles. The van der Waals surface area contributed by atoms with Crippen molar-refractivity contribution in [2.24, 2.45) is 5.73 Å². The fourth-order valence-corrected chi connectivity index (χ4v) is 6.29. The Morgan fingerprint density at radius 1 is 0.621 bits per heavy atom. The topological polar surface area (TPSA) is 466 Å². The molecule has 368 valence electrons. The molecule has 66 heavy (non-hydrogen) atoms. The molecule has 11 atom stereocenters. The summed E-state index contributed by atoms with van der Waals surface area (Å²) in [5, 5.41) is 102. The zero-order chi connectivity index (χ0) is 50.0. The lowest BCUT2D eigenvalue weighted by Gasteiger charge is -2.30. The second-order valence-corrected chi connectivity index (χ2v) is 15.1. The van der Waals surface area contributed by atoms with Gasteiger partial charge in [-0.3, -0.25) is 43.2 Å². The molecule has 2 rings (SSSR count). The van der Waals surface area contributed by atoms with Crippen LogP contribution in [0.5, 0.6) is 5.75 Å². The normalized spacial score (nSPS) is 18.0. The van der Waals surface area contributed by atoms with E-state index in [9.17, 15) is 93.9 Å². The summed E-state index contributed by atoms with van der Waals surface area (Å²) in [6.07, 6.45) is -4.38. The van der Waals surface area contributed by atoms with E-state index in [1.807, 2.05) is 10.6 Å². The van der Waals surface area contributed by atoms with Crippen LogP contribution in [0.25, 0.3) is 0 Å². The van der Waals surface area contributed by atoms with Crippen LogP contribution in [-0.4, -0.2) is 210 Å². The molecular formula is C38H57N9O19. The van der Waals surface area contributed by atoms with Gasteiger partial charge in [0.05, 0.1) is 51.1 Å². The number of carboxylic acid groups (broad SMARTS) is 2. The molecule has 0 bridgehead atoms. The third kappa shape index (κ3) is 16.5. The van der Waals surface area contributed by atoms with Gasteiger partial charge in [-0.15, -0.1) is 0 Å². The van der Waals surface area contributed by atoms with Crippen molar-refractivity contribution in [3.63, 3.8) is 0 Å². The maximum Gasteiger partial charge on any atom is 0.328 e. The van der Waals surface area contributed by atoms with Crippen molar-refractivity contribution in [3.8, 4) is 5.75 Å². The predicted octanol–water partition coefficient (Wildman–Crippen LogP) is -9.06. The number of rotatable bonds is 26. The van der Waals surface area contributed by atoms with E-state index >= 15 is 0 Å². The predicted molar refractivity (Wildman–Crippen MR) is 220 cm³/mol. The SMILES string of the molecule is C[C@@H](O)[C@H](NC(=O)[C@H](CO)NC(=O)[C@@H](NC(=O)[C@H](CO)NC(=O)[C@@H]1CCCN1C(=O)[C@H](CO)NC(=O)[C@H](CC(=O)O)NC(=O)[C@H](CO)NC(=O)[C@@H](N)Cc1ccc(O)cc1)[C@@H](C)O)C(=O)O. The van der Waals surface area contributed by atoms with Crippen LogP contribution in [0.15, 0.2) is 24.3 Å². The Morgan fingerprint density at radius 3 is 1.55 bits per heavy atom. The van der Waals surface area contributed by atoms with Gasteiger partial charge in [-0.25, -0.2) is 4.79 Å². The van der Waals surface area contributed by atoms with Crippen molar-refractivity contribution >= 4 is 59.2 Å². The molecule has 0 aliphatic carbocycles. The average Bonchev–Trinajstić information content (AvgIpc) is 3.76. The molecule has 28 nitrogen and oxygen atoms in total. The minimum absolute atomic E-state index is 0.0418. The first kappa shape index (κ1) is 55.6. The maximum atomic E-state index is 13.6. The van der Waals surface area contributed by atoms with E-state index in [4.69, 9.17) is 5.73 Å². The lowest BCUT2D eigenvalue weighted by molar-refractivity contribution is -0.145. The van der Waals surface area contributed by atoms with Gasteiger partial charge in [0, 0.05) is 6.54 Å². The van der Waals surface area contributed by atoms with E-state index in [1.54, 1.807) is 0 Å². The molecule has 1 aromatic rings. The number of nitrogens with two attached hydrogens (primary N) is 1. The fraction of sp³-hybridized carbons (Fsp3) is 0.579. The van der Waals surface area contributed by atoms with Gasteiger partial charge in [0.2, 0.25) is 47.3 Å². The van der Waals surface area contributed by atoms with E-state index in [2.05, 4.69) is 26.6 Å². The number of carboxylic acids is 2. The van der Waals surface area contributed by atoms with Crippen LogP contribution in [0.4, 0.5) is 0 Å². The highest BCUT2D eigenvalue weighted by atomic mass is 16.4. The monoisotopic (exact) mass is 943 g/mol. The van der Waals surface area contributed by atoms with Crippen molar-refractivity contribution in [2.45, 2.75) is 106 Å². The first-order valence-corrected chi connectivity index (χ1v) is 20.2. The minimum atomic E-state index is -1.96. The quantitative estimate of drug-likeness (QED) is 0.0410. The number of aliphatic hydroxyl groups excluding tert-OH is 6. The van der Waals surface area contributed by atoms with Crippen LogP contribution in [0.3, 0.4) is 0 Å². The standard InChI is InChI=1S/C38H57N9O19/c1-16(52)28(36(63)43-24(14-50)34(61)46-29(17(2)53)38(65)66)45-33(60)23(13-49)42-35(62)26-4-3-9-47(26)37(64)25(15-51)44-31(58)21(11-27(55)56)40-32(59)22(12-48)41-30(57)20(39)10-18-5-7-19(54)8-6-18/h5-8,16-17,20-26,28-29,48-54H,3-4,9-15,39H2,1-2H3,(H,40,59)(H,41,57)(H,42,62)(H,43,63)(H,44,58)(H,45,60)(H,46,61)(H,55,56)(H,65,66)/t16-,17-,20+,21+,22+,23+,24+,25+,26+,28+,29+/m1/s1. The summed E-state index contributed by atoms with van der Waals surface area (Å²) in [6.45, 7) is -2.47. The third-order valence-corrected chi connectivity index (χ3v) is 9.93. The number of amides is 8. The van der Waals surface area contributed by atoms with Crippen molar-refractivity contribution in [1.29, 1.82) is 0 Å². The molecule has 0 spiro atoms. The summed E-state index contributed by atoms with van der Waals surface area (Å²) in [7, 11) is 0. The number of hydrogen-bond donors (Lipinski definition) is 17. The summed E-state index contributed by atoms with van der Waals surface area (Å²) in [4.78, 5) is 129. The van der Waals surface area contributed by atoms with E-state index in [-0.39, 0.29) is 31.6 Å². The molecule has 1 fully saturated rings. The number of aliphatic carboxylic acids is 2. The molecule has 0 radical (unpaired) electrons. The summed E-state index contributed by atoms with van der Waals surface area (Å²) in [5.41, 5.74) is 6.45. The summed E-state index contributed by atoms with van der Waals surface area (Å²) in [5.74, 6) is -12.8. The number of benzene rings is 1. The Bertz CT molecular complexity index is 1900.